The van der Waals surface area contributed by atoms with Crippen molar-refractivity contribution in [3.63, 3.8) is 0 Å². The van der Waals surface area contributed by atoms with Gasteiger partial charge in [0.25, 0.3) is 0 Å². The quantitative estimate of drug-likeness (QED) is 0.131. The zero-order chi connectivity index (χ0) is 47.1. The summed E-state index contributed by atoms with van der Waals surface area (Å²) in [6, 6.07) is 77.2. The Morgan fingerprint density at radius 1 is 0.500 bits per heavy atom. The minimum Gasteiger partial charge on any atom is -0.507 e. The van der Waals surface area contributed by atoms with Crippen LogP contribution < -0.4 is 9.80 Å². The lowest BCUT2D eigenvalue weighted by Gasteiger charge is -2.28. The lowest BCUT2D eigenvalue weighted by Crippen LogP contribution is -2.11. The van der Waals surface area contributed by atoms with Gasteiger partial charge in [-0.2, -0.15) is 0 Å². The summed E-state index contributed by atoms with van der Waals surface area (Å²) in [5.41, 5.74) is 14.2. The van der Waals surface area contributed by atoms with Gasteiger partial charge in [-0.05, 0) is 125 Å². The lowest BCUT2D eigenvalue weighted by molar-refractivity contribution is 0.477. The van der Waals surface area contributed by atoms with E-state index >= 15 is 0 Å². The number of nitrogens with zero attached hydrogens (tertiary/aromatic N) is 2. The van der Waals surface area contributed by atoms with Gasteiger partial charge in [0, 0.05) is 64.6 Å². The fourth-order valence-corrected chi connectivity index (χ4v) is 11.2. The minimum atomic E-state index is 0.252. The molecule has 0 aliphatic rings. The number of hydrogen-bond donors (Lipinski definition) is 1. The van der Waals surface area contributed by atoms with Gasteiger partial charge in [-0.25, -0.2) is 0 Å². The van der Waals surface area contributed by atoms with Gasteiger partial charge in [0.05, 0.1) is 11.4 Å². The molecule has 4 nitrogen and oxygen atoms in total. The smallest absolute Gasteiger partial charge is 0.159 e. The normalized spacial score (nSPS) is 12.0. The number of rotatable bonds is 11. The number of fused-ring (bicyclic) bond motifs is 8. The van der Waals surface area contributed by atoms with Crippen LogP contribution in [0.3, 0.4) is 0 Å². The monoisotopic (exact) mass is 920 g/mol. The van der Waals surface area contributed by atoms with Crippen molar-refractivity contribution in [3.8, 4) is 28.0 Å². The van der Waals surface area contributed by atoms with Crippen molar-refractivity contribution >= 4 is 104 Å². The maximum absolute atomic E-state index is 11.0. The number of anilines is 6. The number of thiophene rings is 1. The van der Waals surface area contributed by atoms with E-state index in [2.05, 4.69) is 230 Å². The Morgan fingerprint density at radius 2 is 1.13 bits per heavy atom. The average molecular weight is 921 g/mol. The van der Waals surface area contributed by atoms with Gasteiger partial charge >= 0.3 is 0 Å². The molecule has 0 aliphatic carbocycles. The summed E-state index contributed by atoms with van der Waals surface area (Å²) in [7, 11) is 0. The molecule has 2 heterocycles. The summed E-state index contributed by atoms with van der Waals surface area (Å²) < 4.78 is 9.15. The van der Waals surface area contributed by atoms with E-state index in [0.717, 1.165) is 95.7 Å². The molecule has 0 radical (unpaired) electrons. The van der Waals surface area contributed by atoms with Crippen molar-refractivity contribution in [3.05, 3.63) is 242 Å². The summed E-state index contributed by atoms with van der Waals surface area (Å²) in [6.45, 7) is 4.27. The number of allylic oxidation sites excluding steroid dienone is 4. The molecule has 5 heteroatoms. The standard InChI is InChI=1S/C65H48N2O2S/c1-3-5-19-43(4-2)45-22-15-26-49(38-45)67(50-27-17-24-47(40-50)52-28-11-13-34-60(52)68)59-42-63-64(55-31-10-9-29-53(55)59)57-41-51(36-37-62(57)70-63)66(48-25-16-23-46(39-48)44-20-7-6-8-21-44)58-33-18-32-56-54-30-12-14-35-61(54)69-65(56)58/h4-42,68H,3H2,1-2H3/b19-5-,43-4+. The molecule has 0 fully saturated rings. The van der Waals surface area contributed by atoms with Crippen LogP contribution >= 0.6 is 11.3 Å². The van der Waals surface area contributed by atoms with E-state index in [1.54, 1.807) is 6.07 Å². The van der Waals surface area contributed by atoms with Crippen LogP contribution in [0.2, 0.25) is 0 Å². The molecule has 0 atom stereocenters. The predicted octanol–water partition coefficient (Wildman–Crippen LogP) is 19.5. The Bertz CT molecular complexity index is 3990. The van der Waals surface area contributed by atoms with Crippen LogP contribution in [0.15, 0.2) is 241 Å². The van der Waals surface area contributed by atoms with E-state index in [1.807, 2.05) is 35.6 Å². The third kappa shape index (κ3) is 7.58. The van der Waals surface area contributed by atoms with Crippen LogP contribution in [0.4, 0.5) is 34.1 Å². The van der Waals surface area contributed by atoms with Gasteiger partial charge in [-0.3, -0.25) is 0 Å². The molecule has 0 amide bonds. The molecule has 336 valence electrons. The topological polar surface area (TPSA) is 39.9 Å². The van der Waals surface area contributed by atoms with Crippen LogP contribution in [0, 0.1) is 0 Å². The molecule has 0 saturated heterocycles. The van der Waals surface area contributed by atoms with Crippen LogP contribution in [0.5, 0.6) is 5.75 Å². The van der Waals surface area contributed by atoms with E-state index in [4.69, 9.17) is 4.42 Å². The van der Waals surface area contributed by atoms with Crippen LogP contribution in [0.25, 0.3) is 80.7 Å². The van der Waals surface area contributed by atoms with Crippen molar-refractivity contribution in [2.24, 2.45) is 0 Å². The van der Waals surface area contributed by atoms with Crippen molar-refractivity contribution in [2.45, 2.75) is 20.3 Å². The van der Waals surface area contributed by atoms with Crippen molar-refractivity contribution in [1.82, 2.24) is 0 Å². The Morgan fingerprint density at radius 3 is 1.93 bits per heavy atom. The summed E-state index contributed by atoms with van der Waals surface area (Å²) >= 11 is 1.82. The van der Waals surface area contributed by atoms with Crippen LogP contribution in [-0.2, 0) is 0 Å². The Labute approximate surface area is 411 Å². The zero-order valence-electron chi connectivity index (χ0n) is 38.9. The van der Waals surface area contributed by atoms with Crippen molar-refractivity contribution in [2.75, 3.05) is 9.80 Å². The summed E-state index contributed by atoms with van der Waals surface area (Å²) in [4.78, 5) is 4.74. The number of hydrogen-bond acceptors (Lipinski definition) is 5. The summed E-state index contributed by atoms with van der Waals surface area (Å²) in [6.07, 6.45) is 7.57. The molecule has 70 heavy (non-hydrogen) atoms. The number of phenols is 1. The fourth-order valence-electron chi connectivity index (χ4n) is 10.1. The first-order valence-electron chi connectivity index (χ1n) is 23.9. The second kappa shape index (κ2) is 18.1. The zero-order valence-corrected chi connectivity index (χ0v) is 39.7. The fraction of sp³-hybridized carbons (Fsp3) is 0.0462. The van der Waals surface area contributed by atoms with Gasteiger partial charge in [0.2, 0.25) is 0 Å². The van der Waals surface area contributed by atoms with Gasteiger partial charge in [0.15, 0.2) is 5.58 Å². The maximum Gasteiger partial charge on any atom is 0.159 e. The highest BCUT2D eigenvalue weighted by Gasteiger charge is 2.24. The molecule has 0 saturated carbocycles. The number of para-hydroxylation sites is 3. The van der Waals surface area contributed by atoms with Gasteiger partial charge in [0.1, 0.15) is 11.3 Å². The van der Waals surface area contributed by atoms with Crippen molar-refractivity contribution < 1.29 is 9.52 Å². The van der Waals surface area contributed by atoms with Crippen LogP contribution in [0.1, 0.15) is 25.8 Å². The summed E-state index contributed by atoms with van der Waals surface area (Å²) in [5.74, 6) is 0.252. The maximum atomic E-state index is 11.0. The first-order chi connectivity index (χ1) is 34.5. The molecule has 0 unspecified atom stereocenters. The van der Waals surface area contributed by atoms with Gasteiger partial charge in [-0.15, -0.1) is 11.3 Å². The highest BCUT2D eigenvalue weighted by Crippen LogP contribution is 2.50. The highest BCUT2D eigenvalue weighted by molar-refractivity contribution is 7.26. The molecule has 10 aromatic carbocycles. The SMILES string of the molecule is C/C=C(\C=C/CC)c1cccc(N(c2cccc(-c3ccccc3O)c2)c2cc3sc4ccc(N(c5cccc(-c6ccccc6)c5)c5cccc6c5oc5ccccc56)cc4c3c3ccccc23)c1. The molecule has 0 aliphatic heterocycles. The molecule has 0 bridgehead atoms. The number of benzene rings is 10. The van der Waals surface area contributed by atoms with Crippen molar-refractivity contribution in [1.29, 1.82) is 0 Å². The largest absolute Gasteiger partial charge is 0.507 e. The predicted molar refractivity (Wildman–Crippen MR) is 299 cm³/mol. The third-order valence-corrected chi connectivity index (χ3v) is 14.5. The second-order valence-corrected chi connectivity index (χ2v) is 18.7. The lowest BCUT2D eigenvalue weighted by atomic mass is 9.98. The van der Waals surface area contributed by atoms with Crippen LogP contribution in [-0.4, -0.2) is 5.11 Å². The molecule has 0 spiro atoms. The molecular formula is C65H48N2O2S. The number of phenolic OH excluding ortho intramolecular Hbond substituents is 1. The number of furan rings is 1. The van der Waals surface area contributed by atoms with Gasteiger partial charge in [-0.1, -0.05) is 165 Å². The average Bonchev–Trinajstić information content (AvgIpc) is 3.99. The Hall–Kier alpha value is -8.64. The third-order valence-electron chi connectivity index (χ3n) is 13.4. The Kier molecular flexibility index (Phi) is 11.0. The first-order valence-corrected chi connectivity index (χ1v) is 24.7. The Balaban J connectivity index is 1.08. The van der Waals surface area contributed by atoms with E-state index in [0.29, 0.717) is 0 Å². The number of aromatic hydroxyl groups is 1. The molecule has 12 rings (SSSR count). The van der Waals surface area contributed by atoms with E-state index < -0.39 is 0 Å². The summed E-state index contributed by atoms with van der Waals surface area (Å²) in [5, 5.41) is 17.9. The van der Waals surface area contributed by atoms with E-state index in [9.17, 15) is 5.11 Å². The van der Waals surface area contributed by atoms with Gasteiger partial charge < -0.3 is 19.3 Å². The van der Waals surface area contributed by atoms with E-state index in [-0.39, 0.29) is 5.75 Å². The van der Waals surface area contributed by atoms with E-state index in [1.165, 1.54) is 31.1 Å². The molecule has 2 aromatic heterocycles. The highest BCUT2D eigenvalue weighted by atomic mass is 32.1. The minimum absolute atomic E-state index is 0.252. The molecular weight excluding hydrogens is 873 g/mol. The molecule has 12 aromatic rings. The second-order valence-electron chi connectivity index (χ2n) is 17.6. The molecule has 1 N–H and O–H groups in total. The first kappa shape index (κ1) is 42.7.